The number of fused-ring (bicyclic) bond motifs is 9. The number of carboxylic acids is 1. The number of carbonyl (C=O) groups excluding carboxylic acids is 2. The Morgan fingerprint density at radius 2 is 1.94 bits per heavy atom. The molecule has 10 heteroatoms. The number of hydrogen-bond donors (Lipinski definition) is 2. The number of H-pyrrole nitrogens is 1. The maximum Gasteiger partial charge on any atom is 0.305 e. The Morgan fingerprint density at radius 3 is 2.68 bits per heavy atom. The zero-order chi connectivity index (χ0) is 23.6. The van der Waals surface area contributed by atoms with Gasteiger partial charge in [0.05, 0.1) is 16.9 Å². The fourth-order valence-corrected chi connectivity index (χ4v) is 9.84. The molecule has 178 valence electrons. The third-order valence-electron chi connectivity index (χ3n) is 8.13. The molecule has 0 aromatic carbocycles. The molecule has 8 nitrogen and oxygen atoms in total. The highest BCUT2D eigenvalue weighted by Gasteiger charge is 2.69. The van der Waals surface area contributed by atoms with Crippen LogP contribution in [0.15, 0.2) is 34.3 Å². The number of imide groups is 1. The SMILES string of the molecule is O=C(O)CCCCCN1C(=O)[C@@H]2[C@H]3C[C@@H]([C@@H]2C1=O)[C@@H]1[C@@H](c2cccnc2)c2sc(=O)[nH]c2S[C@H]31. The largest absolute Gasteiger partial charge is 0.481 e. The van der Waals surface area contributed by atoms with Crippen molar-refractivity contribution in [2.24, 2.45) is 29.6 Å². The van der Waals surface area contributed by atoms with Gasteiger partial charge in [0.15, 0.2) is 0 Å². The number of aromatic nitrogens is 2. The Bertz CT molecular complexity index is 1210. The lowest BCUT2D eigenvalue weighted by molar-refractivity contribution is -0.141. The molecule has 2 saturated carbocycles. The van der Waals surface area contributed by atoms with Gasteiger partial charge in [0.2, 0.25) is 11.8 Å². The number of amides is 2. The fraction of sp³-hybridized carbons (Fsp3) is 0.542. The summed E-state index contributed by atoms with van der Waals surface area (Å²) in [6, 6.07) is 3.96. The molecule has 2 aromatic rings. The van der Waals surface area contributed by atoms with E-state index in [1.54, 1.807) is 18.0 Å². The number of likely N-dealkylation sites (tertiary alicyclic amines) is 1. The Balaban J connectivity index is 1.28. The number of nitrogens with zero attached hydrogens (tertiary/aromatic N) is 2. The third-order valence-corrected chi connectivity index (χ3v) is 10.7. The van der Waals surface area contributed by atoms with Crippen LogP contribution >= 0.6 is 23.1 Å². The Labute approximate surface area is 204 Å². The molecule has 1 saturated heterocycles. The molecule has 2 amide bonds. The van der Waals surface area contributed by atoms with Gasteiger partial charge in [-0.2, -0.15) is 0 Å². The second-order valence-electron chi connectivity index (χ2n) is 9.78. The second kappa shape index (κ2) is 8.34. The van der Waals surface area contributed by atoms with Crippen LogP contribution < -0.4 is 4.87 Å². The standard InChI is InChI=1S/C24H25N3O5S2/c28-14(29)6-2-1-3-8-27-22(30)17-12-9-13(18(17)23(27)31)19-16(12)15(11-5-4-7-25-10-11)20-21(33-19)26-24(32)34-20/h4-5,7,10,12-13,15-19H,1-3,6,8-9H2,(H,26,32)(H,28,29)/t12-,13-,15-,16-,17+,18-,19-/m1/s1. The predicted molar refractivity (Wildman–Crippen MR) is 126 cm³/mol. The van der Waals surface area contributed by atoms with Crippen LogP contribution in [0.25, 0.3) is 0 Å². The second-order valence-corrected chi connectivity index (χ2v) is 12.0. The van der Waals surface area contributed by atoms with Gasteiger partial charge >= 0.3 is 10.8 Å². The van der Waals surface area contributed by atoms with Crippen LogP contribution in [0.1, 0.15) is 48.5 Å². The molecule has 0 radical (unpaired) electrons. The van der Waals surface area contributed by atoms with E-state index in [4.69, 9.17) is 5.11 Å². The molecule has 2 aliphatic carbocycles. The van der Waals surface area contributed by atoms with Gasteiger partial charge in [-0.05, 0) is 48.6 Å². The van der Waals surface area contributed by atoms with Crippen LogP contribution in [0.5, 0.6) is 0 Å². The minimum atomic E-state index is -0.822. The normalized spacial score (nSPS) is 33.2. The smallest absolute Gasteiger partial charge is 0.305 e. The van der Waals surface area contributed by atoms with Gasteiger partial charge < -0.3 is 10.1 Å². The molecule has 2 aromatic heterocycles. The number of pyridine rings is 1. The van der Waals surface area contributed by atoms with Crippen molar-refractivity contribution >= 4 is 40.9 Å². The zero-order valence-corrected chi connectivity index (χ0v) is 20.0. The van der Waals surface area contributed by atoms with Gasteiger partial charge in [-0.1, -0.05) is 23.8 Å². The van der Waals surface area contributed by atoms with Gasteiger partial charge in [0, 0.05) is 41.4 Å². The van der Waals surface area contributed by atoms with Crippen LogP contribution in [0, 0.1) is 29.6 Å². The Morgan fingerprint density at radius 1 is 1.15 bits per heavy atom. The van der Waals surface area contributed by atoms with Gasteiger partial charge in [0.25, 0.3) is 0 Å². The first kappa shape index (κ1) is 22.0. The molecule has 0 unspecified atom stereocenters. The number of hydrogen-bond acceptors (Lipinski definition) is 7. The molecule has 7 atom stereocenters. The van der Waals surface area contributed by atoms with Crippen LogP contribution in [-0.4, -0.2) is 49.6 Å². The Hall–Kier alpha value is -2.46. The number of carbonyl (C=O) groups is 3. The summed E-state index contributed by atoms with van der Waals surface area (Å²) in [4.78, 5) is 59.5. The number of thioether (sulfide) groups is 1. The van der Waals surface area contributed by atoms with E-state index < -0.39 is 5.97 Å². The first-order valence-electron chi connectivity index (χ1n) is 11.8. The molecule has 4 heterocycles. The average molecular weight is 500 g/mol. The van der Waals surface area contributed by atoms with E-state index in [0.29, 0.717) is 25.8 Å². The summed E-state index contributed by atoms with van der Waals surface area (Å²) in [6.07, 6.45) is 6.46. The van der Waals surface area contributed by atoms with Crippen LogP contribution in [-0.2, 0) is 14.4 Å². The van der Waals surface area contributed by atoms with Gasteiger partial charge in [-0.25, -0.2) is 0 Å². The summed E-state index contributed by atoms with van der Waals surface area (Å²) in [5.74, 6) is -1.07. The highest BCUT2D eigenvalue weighted by atomic mass is 32.2. The molecule has 0 spiro atoms. The molecular weight excluding hydrogens is 474 g/mol. The average Bonchev–Trinajstić information content (AvgIpc) is 3.54. The zero-order valence-electron chi connectivity index (χ0n) is 18.4. The molecule has 34 heavy (non-hydrogen) atoms. The number of aromatic amines is 1. The van der Waals surface area contributed by atoms with Crippen molar-refractivity contribution in [1.29, 1.82) is 0 Å². The molecule has 6 rings (SSSR count). The summed E-state index contributed by atoms with van der Waals surface area (Å²) >= 11 is 2.94. The quantitative estimate of drug-likeness (QED) is 0.444. The van der Waals surface area contributed by atoms with E-state index in [0.717, 1.165) is 21.9 Å². The number of nitrogens with one attached hydrogen (secondary N) is 1. The lowest BCUT2D eigenvalue weighted by Crippen LogP contribution is -2.42. The summed E-state index contributed by atoms with van der Waals surface area (Å²) in [5.41, 5.74) is 1.06. The molecule has 4 aliphatic rings. The number of unbranched alkanes of at least 4 members (excludes halogenated alkanes) is 2. The van der Waals surface area contributed by atoms with Crippen molar-refractivity contribution in [2.75, 3.05) is 6.54 Å². The van der Waals surface area contributed by atoms with Gasteiger partial charge in [-0.15, -0.1) is 11.8 Å². The van der Waals surface area contributed by atoms with Crippen molar-refractivity contribution in [1.82, 2.24) is 14.9 Å². The lowest BCUT2D eigenvalue weighted by Gasteiger charge is -2.42. The summed E-state index contributed by atoms with van der Waals surface area (Å²) in [7, 11) is 0. The highest BCUT2D eigenvalue weighted by Crippen LogP contribution is 2.68. The van der Waals surface area contributed by atoms with Crippen molar-refractivity contribution in [3.05, 3.63) is 44.6 Å². The predicted octanol–water partition coefficient (Wildman–Crippen LogP) is 2.95. The number of thiazole rings is 1. The van der Waals surface area contributed by atoms with Crippen molar-refractivity contribution in [2.45, 2.75) is 48.3 Å². The molecule has 2 aliphatic heterocycles. The third kappa shape index (κ3) is 3.29. The minimum Gasteiger partial charge on any atom is -0.481 e. The van der Waals surface area contributed by atoms with Crippen LogP contribution in [0.3, 0.4) is 0 Å². The van der Waals surface area contributed by atoms with E-state index >= 15 is 0 Å². The van der Waals surface area contributed by atoms with Crippen molar-refractivity contribution in [3.63, 3.8) is 0 Å². The van der Waals surface area contributed by atoms with Crippen molar-refractivity contribution in [3.8, 4) is 0 Å². The minimum absolute atomic E-state index is 0.00261. The summed E-state index contributed by atoms with van der Waals surface area (Å²) < 4.78 is 0. The summed E-state index contributed by atoms with van der Waals surface area (Å²) in [6.45, 7) is 0.374. The first-order valence-corrected chi connectivity index (χ1v) is 13.5. The topological polar surface area (TPSA) is 120 Å². The van der Waals surface area contributed by atoms with E-state index in [9.17, 15) is 19.2 Å². The summed E-state index contributed by atoms with van der Waals surface area (Å²) in [5, 5.41) is 9.90. The van der Waals surface area contributed by atoms with E-state index in [1.165, 1.54) is 16.2 Å². The number of rotatable bonds is 7. The van der Waals surface area contributed by atoms with Crippen molar-refractivity contribution < 1.29 is 19.5 Å². The van der Waals surface area contributed by atoms with E-state index in [2.05, 4.69) is 9.97 Å². The molecule has 2 N–H and O–H groups in total. The fourth-order valence-electron chi connectivity index (χ4n) is 6.96. The van der Waals surface area contributed by atoms with Crippen LogP contribution in [0.2, 0.25) is 0 Å². The highest BCUT2D eigenvalue weighted by molar-refractivity contribution is 8.00. The molecular formula is C24H25N3O5S2. The monoisotopic (exact) mass is 499 g/mol. The van der Waals surface area contributed by atoms with Gasteiger partial charge in [-0.3, -0.25) is 29.1 Å². The number of aliphatic carboxylic acids is 1. The van der Waals surface area contributed by atoms with Gasteiger partial charge in [0.1, 0.15) is 0 Å². The van der Waals surface area contributed by atoms with Crippen LogP contribution in [0.4, 0.5) is 0 Å². The maximum absolute atomic E-state index is 13.5. The molecule has 2 bridgehead atoms. The van der Waals surface area contributed by atoms with E-state index in [-0.39, 0.29) is 63.9 Å². The maximum atomic E-state index is 13.5. The molecule has 3 fully saturated rings. The number of carboxylic acid groups (broad SMARTS) is 1. The van der Waals surface area contributed by atoms with E-state index in [1.807, 2.05) is 18.3 Å². The lowest BCUT2D eigenvalue weighted by atomic mass is 9.68. The first-order chi connectivity index (χ1) is 16.5. The Kier molecular flexibility index (Phi) is 5.40.